The van der Waals surface area contributed by atoms with Crippen LogP contribution in [0.15, 0.2) is 18.2 Å². The van der Waals surface area contributed by atoms with Gasteiger partial charge in [-0.2, -0.15) is 9.37 Å². The molecule has 3 nitrogen and oxygen atoms in total. The summed E-state index contributed by atoms with van der Waals surface area (Å²) in [5.74, 6) is -7.41. The number of unbranched alkanes of at least 4 members (excludes halogenated alkanes) is 7. The van der Waals surface area contributed by atoms with Crippen molar-refractivity contribution >= 4 is 0 Å². The molecule has 1 heterocycles. The second kappa shape index (κ2) is 17.6. The van der Waals surface area contributed by atoms with E-state index in [4.69, 9.17) is 9.47 Å². The molecule has 2 aliphatic rings. The normalized spacial score (nSPS) is 18.2. The van der Waals surface area contributed by atoms with E-state index < -0.39 is 40.5 Å². The number of aryl methyl sites for hydroxylation is 2. The van der Waals surface area contributed by atoms with Gasteiger partial charge in [-0.05, 0) is 80.8 Å². The maximum atomic E-state index is 15.7. The van der Waals surface area contributed by atoms with Gasteiger partial charge in [0.05, 0.1) is 18.1 Å². The number of hydrogen-bond acceptors (Lipinski definition) is 3. The summed E-state index contributed by atoms with van der Waals surface area (Å²) in [6.07, 6.45) is 15.2. The van der Waals surface area contributed by atoms with E-state index in [1.807, 2.05) is 0 Å². The molecular formula is C37H52F5NO2. The number of aromatic nitrogens is 1. The van der Waals surface area contributed by atoms with Crippen molar-refractivity contribution in [3.05, 3.63) is 58.0 Å². The van der Waals surface area contributed by atoms with Gasteiger partial charge in [0.15, 0.2) is 11.6 Å². The number of halogens is 5. The van der Waals surface area contributed by atoms with Crippen molar-refractivity contribution in [2.45, 2.75) is 135 Å². The standard InChI is InChI=1S/C37H52F5NO2/c1-3-5-6-11-22-44-23-12-7-10-15-28-18-20-30(35(39)34(28)38)31-21-19-29-25-32(43-36(40)33(29)37(31,41)42)45-24-13-8-9-14-26(4-2)27-16-17-27/h18,20,25-27,31H,3-17,19,21-24H2,1-2H3. The van der Waals surface area contributed by atoms with Crippen molar-refractivity contribution in [2.24, 2.45) is 11.8 Å². The largest absolute Gasteiger partial charge is 0.478 e. The highest BCUT2D eigenvalue weighted by Gasteiger charge is 2.50. The lowest BCUT2D eigenvalue weighted by Gasteiger charge is -2.34. The fraction of sp³-hybridized carbons (Fsp3) is 0.703. The van der Waals surface area contributed by atoms with E-state index in [0.29, 0.717) is 26.1 Å². The molecular weight excluding hydrogens is 585 g/mol. The molecule has 0 radical (unpaired) electrons. The SMILES string of the molecule is CCCCCCOCCCCCc1ccc(C2CCc3cc(OCCCCCC(CC)C4CC4)nc(F)c3C2(F)F)c(F)c1F. The van der Waals surface area contributed by atoms with Gasteiger partial charge in [0.25, 0.3) is 5.92 Å². The van der Waals surface area contributed by atoms with Crippen LogP contribution in [0.1, 0.15) is 138 Å². The van der Waals surface area contributed by atoms with Crippen LogP contribution >= 0.6 is 0 Å². The van der Waals surface area contributed by atoms with Crippen LogP contribution in [0.4, 0.5) is 22.0 Å². The minimum atomic E-state index is -3.74. The van der Waals surface area contributed by atoms with Gasteiger partial charge in [0.2, 0.25) is 11.8 Å². The van der Waals surface area contributed by atoms with Gasteiger partial charge in [0.1, 0.15) is 0 Å². The molecule has 0 spiro atoms. The Bertz CT molecular complexity index is 1200. The number of alkyl halides is 2. The van der Waals surface area contributed by atoms with Crippen LogP contribution in [0.25, 0.3) is 0 Å². The molecule has 1 fully saturated rings. The summed E-state index contributed by atoms with van der Waals surface area (Å²) in [6.45, 7) is 6.13. The van der Waals surface area contributed by atoms with Crippen LogP contribution in [0.3, 0.4) is 0 Å². The first-order chi connectivity index (χ1) is 21.8. The van der Waals surface area contributed by atoms with Gasteiger partial charge >= 0.3 is 0 Å². The molecule has 252 valence electrons. The highest BCUT2D eigenvalue weighted by atomic mass is 19.3. The van der Waals surface area contributed by atoms with E-state index in [2.05, 4.69) is 18.8 Å². The quantitative estimate of drug-likeness (QED) is 0.0775. The van der Waals surface area contributed by atoms with Gasteiger partial charge in [-0.1, -0.05) is 77.3 Å². The molecule has 0 saturated heterocycles. The summed E-state index contributed by atoms with van der Waals surface area (Å²) >= 11 is 0. The van der Waals surface area contributed by atoms with E-state index in [0.717, 1.165) is 63.4 Å². The van der Waals surface area contributed by atoms with Gasteiger partial charge in [-0.3, -0.25) is 0 Å². The van der Waals surface area contributed by atoms with E-state index in [1.165, 1.54) is 56.7 Å². The van der Waals surface area contributed by atoms with Crippen LogP contribution < -0.4 is 4.74 Å². The molecule has 4 rings (SSSR count). The first-order valence-corrected chi connectivity index (χ1v) is 17.5. The van der Waals surface area contributed by atoms with E-state index in [9.17, 15) is 0 Å². The van der Waals surface area contributed by atoms with Crippen LogP contribution in [-0.4, -0.2) is 24.8 Å². The number of ether oxygens (including phenoxy) is 2. The highest BCUT2D eigenvalue weighted by Crippen LogP contribution is 2.51. The van der Waals surface area contributed by atoms with E-state index in [1.54, 1.807) is 0 Å². The Morgan fingerprint density at radius 1 is 0.844 bits per heavy atom. The summed E-state index contributed by atoms with van der Waals surface area (Å²) in [6, 6.07) is 4.01. The van der Waals surface area contributed by atoms with E-state index in [-0.39, 0.29) is 29.8 Å². The van der Waals surface area contributed by atoms with Crippen molar-refractivity contribution < 1.29 is 31.4 Å². The fourth-order valence-corrected chi connectivity index (χ4v) is 6.87. The van der Waals surface area contributed by atoms with Crippen molar-refractivity contribution in [3.8, 4) is 5.88 Å². The molecule has 1 aromatic carbocycles. The van der Waals surface area contributed by atoms with Crippen molar-refractivity contribution in [3.63, 3.8) is 0 Å². The second-order valence-electron chi connectivity index (χ2n) is 13.1. The molecule has 45 heavy (non-hydrogen) atoms. The predicted octanol–water partition coefficient (Wildman–Crippen LogP) is 11.0. The lowest BCUT2D eigenvalue weighted by Crippen LogP contribution is -2.32. The Labute approximate surface area is 266 Å². The molecule has 0 bridgehead atoms. The average Bonchev–Trinajstić information content (AvgIpc) is 3.85. The molecule has 2 aliphatic carbocycles. The summed E-state index contributed by atoms with van der Waals surface area (Å²) < 4.78 is 88.0. The van der Waals surface area contributed by atoms with Crippen molar-refractivity contribution in [2.75, 3.05) is 19.8 Å². The Morgan fingerprint density at radius 3 is 2.27 bits per heavy atom. The van der Waals surface area contributed by atoms with Crippen molar-refractivity contribution in [1.29, 1.82) is 0 Å². The van der Waals surface area contributed by atoms with Gasteiger partial charge in [-0.25, -0.2) is 17.6 Å². The van der Waals surface area contributed by atoms with Crippen LogP contribution in [0.5, 0.6) is 5.88 Å². The monoisotopic (exact) mass is 637 g/mol. The molecule has 1 saturated carbocycles. The molecule has 2 atom stereocenters. The number of hydrogen-bond donors (Lipinski definition) is 0. The molecule has 2 unspecified atom stereocenters. The molecule has 0 N–H and O–H groups in total. The second-order valence-corrected chi connectivity index (χ2v) is 13.1. The Morgan fingerprint density at radius 2 is 1.56 bits per heavy atom. The van der Waals surface area contributed by atoms with Gasteiger partial charge in [0, 0.05) is 24.8 Å². The minimum Gasteiger partial charge on any atom is -0.478 e. The van der Waals surface area contributed by atoms with Gasteiger partial charge in [-0.15, -0.1) is 0 Å². The zero-order valence-electron chi connectivity index (χ0n) is 27.3. The van der Waals surface area contributed by atoms with E-state index >= 15 is 22.0 Å². The Hall–Kier alpha value is -2.22. The zero-order chi connectivity index (χ0) is 32.2. The maximum absolute atomic E-state index is 15.7. The number of pyridine rings is 1. The molecule has 0 amide bonds. The third-order valence-electron chi connectivity index (χ3n) is 9.73. The summed E-state index contributed by atoms with van der Waals surface area (Å²) in [5, 5.41) is 0. The summed E-state index contributed by atoms with van der Waals surface area (Å²) in [4.78, 5) is 3.69. The maximum Gasteiger partial charge on any atom is 0.284 e. The molecule has 0 aliphatic heterocycles. The minimum absolute atomic E-state index is 0.00923. The third kappa shape index (κ3) is 9.89. The lowest BCUT2D eigenvalue weighted by molar-refractivity contribution is -0.0486. The summed E-state index contributed by atoms with van der Waals surface area (Å²) in [5.41, 5.74) is -0.987. The van der Waals surface area contributed by atoms with Gasteiger partial charge < -0.3 is 9.47 Å². The zero-order valence-corrected chi connectivity index (χ0v) is 27.3. The number of benzene rings is 1. The fourth-order valence-electron chi connectivity index (χ4n) is 6.87. The first kappa shape index (κ1) is 35.6. The van der Waals surface area contributed by atoms with Crippen molar-refractivity contribution in [1.82, 2.24) is 4.98 Å². The molecule has 2 aromatic rings. The summed E-state index contributed by atoms with van der Waals surface area (Å²) in [7, 11) is 0. The first-order valence-electron chi connectivity index (χ1n) is 17.5. The lowest BCUT2D eigenvalue weighted by atomic mass is 9.77. The average molecular weight is 638 g/mol. The smallest absolute Gasteiger partial charge is 0.284 e. The van der Waals surface area contributed by atoms with Crippen LogP contribution in [0.2, 0.25) is 0 Å². The third-order valence-corrected chi connectivity index (χ3v) is 9.73. The molecule has 1 aromatic heterocycles. The Balaban J connectivity index is 1.27. The predicted molar refractivity (Wildman–Crippen MR) is 168 cm³/mol. The number of nitrogens with zero attached hydrogens (tertiary/aromatic N) is 1. The highest BCUT2D eigenvalue weighted by molar-refractivity contribution is 5.41. The number of fused-ring (bicyclic) bond motifs is 1. The topological polar surface area (TPSA) is 31.4 Å². The number of rotatable bonds is 21. The Kier molecular flexibility index (Phi) is 14.0. The van der Waals surface area contributed by atoms with Crippen LogP contribution in [-0.2, 0) is 23.5 Å². The molecule has 8 heteroatoms. The van der Waals surface area contributed by atoms with Crippen LogP contribution in [0, 0.1) is 29.4 Å².